The second-order valence-corrected chi connectivity index (χ2v) is 9.17. The lowest BCUT2D eigenvalue weighted by molar-refractivity contribution is -0.119. The van der Waals surface area contributed by atoms with E-state index in [9.17, 15) is 19.2 Å². The Labute approximate surface area is 205 Å². The van der Waals surface area contributed by atoms with Crippen LogP contribution in [0.1, 0.15) is 44.7 Å². The molecule has 2 amide bonds. The van der Waals surface area contributed by atoms with Crippen molar-refractivity contribution in [2.24, 2.45) is 0 Å². The predicted octanol–water partition coefficient (Wildman–Crippen LogP) is 5.48. The third-order valence-electron chi connectivity index (χ3n) is 6.11. The predicted molar refractivity (Wildman–Crippen MR) is 133 cm³/mol. The molecule has 0 bridgehead atoms. The van der Waals surface area contributed by atoms with Crippen LogP contribution < -0.4 is 4.90 Å². The van der Waals surface area contributed by atoms with Crippen LogP contribution in [0.2, 0.25) is 0 Å². The van der Waals surface area contributed by atoms with Gasteiger partial charge in [-0.2, -0.15) is 0 Å². The van der Waals surface area contributed by atoms with E-state index in [4.69, 9.17) is 4.74 Å². The molecule has 0 spiro atoms. The van der Waals surface area contributed by atoms with Crippen molar-refractivity contribution in [2.75, 3.05) is 4.90 Å². The molecular formula is C28H19NO5S. The van der Waals surface area contributed by atoms with E-state index in [1.165, 1.54) is 12.2 Å². The van der Waals surface area contributed by atoms with Crippen molar-refractivity contribution < 1.29 is 23.9 Å². The van der Waals surface area contributed by atoms with Crippen LogP contribution in [-0.2, 0) is 14.3 Å². The summed E-state index contributed by atoms with van der Waals surface area (Å²) in [4.78, 5) is 50.7. The van der Waals surface area contributed by atoms with Crippen LogP contribution in [0.5, 0.6) is 0 Å². The molecule has 6 nitrogen and oxygen atoms in total. The molecular weight excluding hydrogens is 462 g/mol. The summed E-state index contributed by atoms with van der Waals surface area (Å²) in [5, 5.41) is -0.141. The Morgan fingerprint density at radius 1 is 0.886 bits per heavy atom. The largest absolute Gasteiger partial charge is 0.432 e. The number of carbonyl (C=O) groups is 4. The van der Waals surface area contributed by atoms with E-state index in [1.54, 1.807) is 30.3 Å². The van der Waals surface area contributed by atoms with Crippen LogP contribution in [0.15, 0.2) is 90.6 Å². The zero-order chi connectivity index (χ0) is 24.7. The van der Waals surface area contributed by atoms with Gasteiger partial charge in [-0.3, -0.25) is 14.4 Å². The first-order valence-electron chi connectivity index (χ1n) is 10.9. The van der Waals surface area contributed by atoms with Gasteiger partial charge in [0, 0.05) is 28.5 Å². The van der Waals surface area contributed by atoms with Crippen LogP contribution in [0.4, 0.5) is 5.69 Å². The SMILES string of the molecule is C=COC(=O)c1ccc(C(=O)Sc2ccc3c(c2)[C@H](C)c2cc(N4C(=O)C=CC4=O)ccc2-3)cc1. The third kappa shape index (κ3) is 4.00. The number of benzene rings is 3. The van der Waals surface area contributed by atoms with E-state index in [-0.39, 0.29) is 22.8 Å². The fourth-order valence-electron chi connectivity index (χ4n) is 4.37. The van der Waals surface area contributed by atoms with Crippen molar-refractivity contribution in [3.05, 3.63) is 108 Å². The number of rotatable bonds is 5. The quantitative estimate of drug-likeness (QED) is 0.208. The molecule has 0 N–H and O–H groups in total. The molecule has 0 saturated heterocycles. The lowest BCUT2D eigenvalue weighted by atomic mass is 9.99. The maximum Gasteiger partial charge on any atom is 0.342 e. The molecule has 0 saturated carbocycles. The molecule has 35 heavy (non-hydrogen) atoms. The monoisotopic (exact) mass is 481 g/mol. The summed E-state index contributed by atoms with van der Waals surface area (Å²) in [7, 11) is 0. The van der Waals surface area contributed by atoms with Crippen LogP contribution >= 0.6 is 11.8 Å². The Morgan fingerprint density at radius 2 is 1.49 bits per heavy atom. The molecule has 1 aliphatic heterocycles. The lowest BCUT2D eigenvalue weighted by Gasteiger charge is -2.16. The van der Waals surface area contributed by atoms with Gasteiger partial charge in [0.05, 0.1) is 17.5 Å². The van der Waals surface area contributed by atoms with Gasteiger partial charge < -0.3 is 4.74 Å². The van der Waals surface area contributed by atoms with Crippen molar-refractivity contribution in [2.45, 2.75) is 17.7 Å². The number of amides is 2. The fraction of sp³-hybridized carbons (Fsp3) is 0.0714. The maximum atomic E-state index is 12.8. The van der Waals surface area contributed by atoms with Gasteiger partial charge in [-0.15, -0.1) is 0 Å². The number of thioether (sulfide) groups is 1. The van der Waals surface area contributed by atoms with Gasteiger partial charge in [-0.1, -0.05) is 25.6 Å². The maximum absolute atomic E-state index is 12.8. The topological polar surface area (TPSA) is 80.8 Å². The Hall–Kier alpha value is -4.23. The highest BCUT2D eigenvalue weighted by molar-refractivity contribution is 8.14. The first kappa shape index (κ1) is 22.6. The number of nitrogens with zero attached hydrogens (tertiary/aromatic N) is 1. The molecule has 0 radical (unpaired) electrons. The minimum absolute atomic E-state index is 0.0338. The molecule has 7 heteroatoms. The Bertz CT molecular complexity index is 1440. The number of carbonyl (C=O) groups excluding carboxylic acids is 4. The van der Waals surface area contributed by atoms with E-state index in [0.717, 1.165) is 50.1 Å². The zero-order valence-corrected chi connectivity index (χ0v) is 19.5. The van der Waals surface area contributed by atoms with E-state index in [2.05, 4.69) is 13.5 Å². The molecule has 0 aromatic heterocycles. The van der Waals surface area contributed by atoms with Gasteiger partial charge in [-0.05, 0) is 82.5 Å². The summed E-state index contributed by atoms with van der Waals surface area (Å²) in [6.07, 6.45) is 3.61. The summed E-state index contributed by atoms with van der Waals surface area (Å²) in [6.45, 7) is 5.43. The molecule has 0 unspecified atom stereocenters. The van der Waals surface area contributed by atoms with Crippen molar-refractivity contribution in [3.8, 4) is 11.1 Å². The minimum Gasteiger partial charge on any atom is -0.432 e. The number of ether oxygens (including phenoxy) is 1. The first-order chi connectivity index (χ1) is 16.9. The van der Waals surface area contributed by atoms with Gasteiger partial charge in [-0.25, -0.2) is 9.69 Å². The molecule has 172 valence electrons. The van der Waals surface area contributed by atoms with Gasteiger partial charge in [0.25, 0.3) is 11.8 Å². The van der Waals surface area contributed by atoms with Crippen molar-refractivity contribution in [3.63, 3.8) is 0 Å². The summed E-state index contributed by atoms with van der Waals surface area (Å²) in [5.74, 6) is -1.19. The van der Waals surface area contributed by atoms with Gasteiger partial charge >= 0.3 is 5.97 Å². The Balaban J connectivity index is 1.36. The average molecular weight is 482 g/mol. The van der Waals surface area contributed by atoms with Gasteiger partial charge in [0.1, 0.15) is 0 Å². The lowest BCUT2D eigenvalue weighted by Crippen LogP contribution is -2.29. The Morgan fingerprint density at radius 3 is 2.14 bits per heavy atom. The molecule has 1 aliphatic carbocycles. The van der Waals surface area contributed by atoms with Crippen molar-refractivity contribution in [1.82, 2.24) is 0 Å². The molecule has 2 aliphatic rings. The number of hydrogen-bond donors (Lipinski definition) is 0. The standard InChI is InChI=1S/C28H19NO5S/c1-3-34-27(32)17-4-6-18(7-5-17)28(33)35-20-9-11-22-21-10-8-19(29-25(30)12-13-26(29)31)14-23(21)16(2)24(22)15-20/h3-16H,1H2,2H3/t16-/m1/s1. The van der Waals surface area contributed by atoms with E-state index in [0.29, 0.717) is 16.8 Å². The normalized spacial score (nSPS) is 15.7. The summed E-state index contributed by atoms with van der Waals surface area (Å²) in [5.41, 5.74) is 5.58. The molecule has 3 aromatic rings. The highest BCUT2D eigenvalue weighted by Crippen LogP contribution is 2.47. The number of esters is 1. The number of imide groups is 1. The summed E-state index contributed by atoms with van der Waals surface area (Å²) in [6, 6.07) is 17.8. The summed E-state index contributed by atoms with van der Waals surface area (Å²) >= 11 is 1.12. The van der Waals surface area contributed by atoms with Crippen molar-refractivity contribution >= 4 is 40.3 Å². The number of fused-ring (bicyclic) bond motifs is 3. The van der Waals surface area contributed by atoms with Crippen LogP contribution in [0.3, 0.4) is 0 Å². The fourth-order valence-corrected chi connectivity index (χ4v) is 5.16. The summed E-state index contributed by atoms with van der Waals surface area (Å²) < 4.78 is 4.75. The second-order valence-electron chi connectivity index (χ2n) is 8.13. The molecule has 1 atom stereocenters. The highest BCUT2D eigenvalue weighted by atomic mass is 32.2. The second kappa shape index (κ2) is 8.85. The highest BCUT2D eigenvalue weighted by Gasteiger charge is 2.30. The zero-order valence-electron chi connectivity index (χ0n) is 18.7. The van der Waals surface area contributed by atoms with Gasteiger partial charge in [0.2, 0.25) is 5.12 Å². The molecule has 5 rings (SSSR count). The smallest absolute Gasteiger partial charge is 0.342 e. The molecule has 1 heterocycles. The number of hydrogen-bond acceptors (Lipinski definition) is 6. The minimum atomic E-state index is -0.531. The van der Waals surface area contributed by atoms with Crippen molar-refractivity contribution in [1.29, 1.82) is 0 Å². The first-order valence-corrected chi connectivity index (χ1v) is 11.7. The van der Waals surface area contributed by atoms with E-state index in [1.807, 2.05) is 30.3 Å². The van der Waals surface area contributed by atoms with E-state index >= 15 is 0 Å². The third-order valence-corrected chi connectivity index (χ3v) is 7.02. The molecule has 0 fully saturated rings. The van der Waals surface area contributed by atoms with Gasteiger partial charge in [0.15, 0.2) is 0 Å². The number of anilines is 1. The van der Waals surface area contributed by atoms with Crippen LogP contribution in [0, 0.1) is 0 Å². The Kier molecular flexibility index (Phi) is 5.70. The van der Waals surface area contributed by atoms with E-state index < -0.39 is 5.97 Å². The van der Waals surface area contributed by atoms with Crippen LogP contribution in [-0.4, -0.2) is 22.9 Å². The molecule has 3 aromatic carbocycles. The van der Waals surface area contributed by atoms with Crippen LogP contribution in [0.25, 0.3) is 11.1 Å². The average Bonchev–Trinajstić information content (AvgIpc) is 3.34.